The lowest BCUT2D eigenvalue weighted by molar-refractivity contribution is 0.331. The van der Waals surface area contributed by atoms with Gasteiger partial charge in [-0.1, -0.05) is 39.8 Å². The van der Waals surface area contributed by atoms with Crippen LogP contribution in [0.5, 0.6) is 0 Å². The van der Waals surface area contributed by atoms with Crippen molar-refractivity contribution in [3.63, 3.8) is 0 Å². The number of fused-ring (bicyclic) bond motifs is 1. The topological polar surface area (TPSA) is 0 Å². The summed E-state index contributed by atoms with van der Waals surface area (Å²) in [7, 11) is 0. The van der Waals surface area contributed by atoms with Crippen LogP contribution < -0.4 is 0 Å². The van der Waals surface area contributed by atoms with Gasteiger partial charge in [0.05, 0.1) is 0 Å². The Labute approximate surface area is 112 Å². The molecule has 0 amide bonds. The van der Waals surface area contributed by atoms with E-state index in [0.29, 0.717) is 10.8 Å². The molecule has 1 aromatic carbocycles. The standard InChI is InChI=1S/C18H26/c1-12-10-15-16(11-14(12)13-6-7-13)18(4,5)9-8-17(15,2)3/h10-11,13H,6-9H2,1-5H3. The minimum Gasteiger partial charge on any atom is -0.0558 e. The number of rotatable bonds is 1. The second-order valence-electron chi connectivity index (χ2n) is 7.80. The molecule has 0 bridgehead atoms. The minimum absolute atomic E-state index is 0.359. The van der Waals surface area contributed by atoms with E-state index < -0.39 is 0 Å². The first kappa shape index (κ1) is 12.3. The van der Waals surface area contributed by atoms with Crippen molar-refractivity contribution in [2.45, 2.75) is 77.0 Å². The van der Waals surface area contributed by atoms with E-state index in [1.54, 1.807) is 16.7 Å². The summed E-state index contributed by atoms with van der Waals surface area (Å²) in [5.74, 6) is 0.871. The van der Waals surface area contributed by atoms with Crippen molar-refractivity contribution in [1.29, 1.82) is 0 Å². The minimum atomic E-state index is 0.359. The lowest BCUT2D eigenvalue weighted by Gasteiger charge is -2.42. The molecule has 0 N–H and O–H groups in total. The van der Waals surface area contributed by atoms with Crippen LogP contribution in [-0.2, 0) is 10.8 Å². The number of aryl methyl sites for hydroxylation is 1. The van der Waals surface area contributed by atoms with E-state index in [0.717, 1.165) is 5.92 Å². The molecule has 0 atom stereocenters. The van der Waals surface area contributed by atoms with Crippen molar-refractivity contribution in [3.05, 3.63) is 34.4 Å². The molecule has 0 aromatic heterocycles. The van der Waals surface area contributed by atoms with Crippen molar-refractivity contribution < 1.29 is 0 Å². The van der Waals surface area contributed by atoms with Crippen molar-refractivity contribution in [2.24, 2.45) is 0 Å². The highest BCUT2D eigenvalue weighted by Gasteiger charge is 2.38. The van der Waals surface area contributed by atoms with Gasteiger partial charge in [0.2, 0.25) is 0 Å². The molecule has 98 valence electrons. The van der Waals surface area contributed by atoms with Gasteiger partial charge in [-0.2, -0.15) is 0 Å². The Balaban J connectivity index is 2.20. The van der Waals surface area contributed by atoms with Crippen molar-refractivity contribution in [3.8, 4) is 0 Å². The molecule has 0 aliphatic heterocycles. The largest absolute Gasteiger partial charge is 0.0558 e. The Morgan fingerprint density at radius 1 is 0.889 bits per heavy atom. The molecule has 2 aliphatic carbocycles. The molecular formula is C18H26. The Morgan fingerprint density at radius 3 is 1.89 bits per heavy atom. The molecular weight excluding hydrogens is 216 g/mol. The zero-order valence-corrected chi connectivity index (χ0v) is 12.6. The van der Waals surface area contributed by atoms with E-state index in [9.17, 15) is 0 Å². The maximum atomic E-state index is 2.56. The van der Waals surface area contributed by atoms with E-state index in [4.69, 9.17) is 0 Å². The van der Waals surface area contributed by atoms with Crippen LogP contribution in [0, 0.1) is 6.92 Å². The fourth-order valence-electron chi connectivity index (χ4n) is 3.57. The fraction of sp³-hybridized carbons (Fsp3) is 0.667. The highest BCUT2D eigenvalue weighted by Crippen LogP contribution is 2.49. The van der Waals surface area contributed by atoms with E-state index in [1.165, 1.54) is 31.2 Å². The predicted molar refractivity (Wildman–Crippen MR) is 78.4 cm³/mol. The summed E-state index contributed by atoms with van der Waals surface area (Å²) in [5.41, 5.74) is 7.13. The summed E-state index contributed by atoms with van der Waals surface area (Å²) in [6, 6.07) is 5.06. The molecule has 0 saturated heterocycles. The van der Waals surface area contributed by atoms with Crippen LogP contribution in [0.2, 0.25) is 0 Å². The molecule has 2 aliphatic rings. The van der Waals surface area contributed by atoms with Gasteiger partial charge in [0.15, 0.2) is 0 Å². The molecule has 0 radical (unpaired) electrons. The Morgan fingerprint density at radius 2 is 1.39 bits per heavy atom. The van der Waals surface area contributed by atoms with Gasteiger partial charge in [-0.05, 0) is 71.6 Å². The lowest BCUT2D eigenvalue weighted by atomic mass is 9.62. The molecule has 3 rings (SSSR count). The Hall–Kier alpha value is -0.780. The van der Waals surface area contributed by atoms with Gasteiger partial charge in [0.1, 0.15) is 0 Å². The fourth-order valence-corrected chi connectivity index (χ4v) is 3.57. The summed E-state index contributed by atoms with van der Waals surface area (Å²) < 4.78 is 0. The van der Waals surface area contributed by atoms with Gasteiger partial charge in [-0.25, -0.2) is 0 Å². The van der Waals surface area contributed by atoms with Gasteiger partial charge < -0.3 is 0 Å². The van der Waals surface area contributed by atoms with Crippen LogP contribution in [0.3, 0.4) is 0 Å². The van der Waals surface area contributed by atoms with Crippen LogP contribution in [0.25, 0.3) is 0 Å². The number of hydrogen-bond donors (Lipinski definition) is 0. The average Bonchev–Trinajstić information content (AvgIpc) is 3.08. The quantitative estimate of drug-likeness (QED) is 0.633. The van der Waals surface area contributed by atoms with Gasteiger partial charge in [0.25, 0.3) is 0 Å². The molecule has 0 spiro atoms. The molecule has 1 fully saturated rings. The molecule has 0 heteroatoms. The summed E-state index contributed by atoms with van der Waals surface area (Å²) in [6.45, 7) is 12.0. The molecule has 1 aromatic rings. The first-order valence-corrected chi connectivity index (χ1v) is 7.47. The predicted octanol–water partition coefficient (Wildman–Crippen LogP) is 5.22. The Bertz CT molecular complexity index is 487. The van der Waals surface area contributed by atoms with Gasteiger partial charge in [-0.3, -0.25) is 0 Å². The lowest BCUT2D eigenvalue weighted by Crippen LogP contribution is -2.34. The van der Waals surface area contributed by atoms with Crippen molar-refractivity contribution >= 4 is 0 Å². The van der Waals surface area contributed by atoms with Crippen LogP contribution in [0.1, 0.15) is 81.5 Å². The maximum absolute atomic E-state index is 2.56. The van der Waals surface area contributed by atoms with Crippen LogP contribution in [0.15, 0.2) is 12.1 Å². The zero-order valence-electron chi connectivity index (χ0n) is 12.6. The zero-order chi connectivity index (χ0) is 13.1. The molecule has 1 saturated carbocycles. The third-order valence-electron chi connectivity index (χ3n) is 5.26. The third kappa shape index (κ3) is 1.81. The number of hydrogen-bond acceptors (Lipinski definition) is 0. The first-order valence-electron chi connectivity index (χ1n) is 7.47. The van der Waals surface area contributed by atoms with E-state index in [1.807, 2.05) is 0 Å². The van der Waals surface area contributed by atoms with E-state index >= 15 is 0 Å². The summed E-state index contributed by atoms with van der Waals surface area (Å²) in [4.78, 5) is 0. The average molecular weight is 242 g/mol. The van der Waals surface area contributed by atoms with Crippen LogP contribution >= 0.6 is 0 Å². The SMILES string of the molecule is Cc1cc2c(cc1C1CC1)C(C)(C)CCC2(C)C. The monoisotopic (exact) mass is 242 g/mol. The molecule has 0 nitrogen and oxygen atoms in total. The van der Waals surface area contributed by atoms with Gasteiger partial charge >= 0.3 is 0 Å². The molecule has 0 unspecified atom stereocenters. The van der Waals surface area contributed by atoms with Gasteiger partial charge in [0, 0.05) is 0 Å². The van der Waals surface area contributed by atoms with Gasteiger partial charge in [-0.15, -0.1) is 0 Å². The van der Waals surface area contributed by atoms with Crippen LogP contribution in [0.4, 0.5) is 0 Å². The van der Waals surface area contributed by atoms with Crippen molar-refractivity contribution in [2.75, 3.05) is 0 Å². The van der Waals surface area contributed by atoms with Crippen molar-refractivity contribution in [1.82, 2.24) is 0 Å². The molecule has 18 heavy (non-hydrogen) atoms. The summed E-state index contributed by atoms with van der Waals surface area (Å²) in [6.07, 6.45) is 5.45. The second-order valence-corrected chi connectivity index (χ2v) is 7.80. The number of benzene rings is 1. The smallest absolute Gasteiger partial charge is 0.0100 e. The third-order valence-corrected chi connectivity index (χ3v) is 5.26. The maximum Gasteiger partial charge on any atom is -0.0100 e. The molecule has 0 heterocycles. The van der Waals surface area contributed by atoms with E-state index in [2.05, 4.69) is 46.8 Å². The van der Waals surface area contributed by atoms with Crippen LogP contribution in [-0.4, -0.2) is 0 Å². The second kappa shape index (κ2) is 3.62. The normalized spacial score (nSPS) is 24.7. The summed E-state index contributed by atoms with van der Waals surface area (Å²) >= 11 is 0. The first-order chi connectivity index (χ1) is 8.31. The Kier molecular flexibility index (Phi) is 2.47. The van der Waals surface area contributed by atoms with E-state index in [-0.39, 0.29) is 0 Å². The summed E-state index contributed by atoms with van der Waals surface area (Å²) in [5, 5.41) is 0. The highest BCUT2D eigenvalue weighted by atomic mass is 14.4. The highest BCUT2D eigenvalue weighted by molar-refractivity contribution is 5.48.